The third-order valence-electron chi connectivity index (χ3n) is 3.77. The minimum Gasteiger partial charge on any atom is -0.384 e. The molecule has 126 valence electrons. The normalized spacial score (nSPS) is 10.2. The second kappa shape index (κ2) is 6.67. The molecule has 0 atom stereocenters. The molecule has 6 nitrogen and oxygen atoms in total. The molecule has 0 aliphatic carbocycles. The molecule has 0 saturated heterocycles. The van der Waals surface area contributed by atoms with Crippen molar-refractivity contribution in [1.82, 2.24) is 9.97 Å². The summed E-state index contributed by atoms with van der Waals surface area (Å²) in [5.74, 6) is -0.756. The van der Waals surface area contributed by atoms with E-state index in [-0.39, 0.29) is 27.7 Å². The highest BCUT2D eigenvalue weighted by Crippen LogP contribution is 2.30. The number of nitrogens with zero attached hydrogens (tertiary/aromatic N) is 3. The Hall–Kier alpha value is -3.68. The van der Waals surface area contributed by atoms with Gasteiger partial charge in [0.2, 0.25) is 0 Å². The number of nitriles is 2. The van der Waals surface area contributed by atoms with Gasteiger partial charge in [0.1, 0.15) is 29.1 Å². The summed E-state index contributed by atoms with van der Waals surface area (Å²) in [5, 5.41) is 18.4. The third kappa shape index (κ3) is 2.88. The number of nitrogens with one attached hydrogen (secondary N) is 1. The quantitative estimate of drug-likeness (QED) is 0.675. The summed E-state index contributed by atoms with van der Waals surface area (Å²) >= 11 is 5.58. The Morgan fingerprint density at radius 1 is 1.08 bits per heavy atom. The lowest BCUT2D eigenvalue weighted by Gasteiger charge is -2.10. The van der Waals surface area contributed by atoms with Crippen LogP contribution in [0.3, 0.4) is 0 Å². The van der Waals surface area contributed by atoms with Gasteiger partial charge in [-0.25, -0.2) is 9.37 Å². The zero-order valence-corrected chi connectivity index (χ0v) is 13.8. The first-order chi connectivity index (χ1) is 12.5. The fourth-order valence-electron chi connectivity index (χ4n) is 2.54. The highest BCUT2D eigenvalue weighted by molar-refractivity contribution is 6.29. The van der Waals surface area contributed by atoms with E-state index in [1.165, 1.54) is 12.3 Å². The average molecular weight is 366 g/mol. The largest absolute Gasteiger partial charge is 0.384 e. The van der Waals surface area contributed by atoms with Gasteiger partial charge in [-0.05, 0) is 17.2 Å². The molecule has 1 aromatic carbocycles. The van der Waals surface area contributed by atoms with E-state index in [9.17, 15) is 19.7 Å². The number of anilines is 1. The highest BCUT2D eigenvalue weighted by atomic mass is 35.5. The summed E-state index contributed by atoms with van der Waals surface area (Å²) < 4.78 is 13.6. The topological polar surface area (TPSA) is 119 Å². The van der Waals surface area contributed by atoms with Gasteiger partial charge in [0.25, 0.3) is 5.56 Å². The van der Waals surface area contributed by atoms with Gasteiger partial charge in [-0.1, -0.05) is 35.9 Å². The van der Waals surface area contributed by atoms with Crippen LogP contribution in [-0.4, -0.2) is 9.97 Å². The number of nitrogen functional groups attached to an aromatic ring is 1. The number of rotatable bonds is 2. The van der Waals surface area contributed by atoms with E-state index in [2.05, 4.69) is 9.97 Å². The van der Waals surface area contributed by atoms with Gasteiger partial charge in [0.05, 0.1) is 0 Å². The fraction of sp³-hybridized carbons (Fsp3) is 0. The molecule has 0 saturated carbocycles. The smallest absolute Gasteiger partial charge is 0.268 e. The molecule has 0 aliphatic heterocycles. The van der Waals surface area contributed by atoms with Gasteiger partial charge in [-0.15, -0.1) is 0 Å². The Kier molecular flexibility index (Phi) is 4.40. The Bertz CT molecular complexity index is 1160. The molecule has 26 heavy (non-hydrogen) atoms. The van der Waals surface area contributed by atoms with E-state index in [4.69, 9.17) is 17.3 Å². The van der Waals surface area contributed by atoms with E-state index in [0.29, 0.717) is 16.7 Å². The van der Waals surface area contributed by atoms with Crippen molar-refractivity contribution >= 4 is 17.4 Å². The van der Waals surface area contributed by atoms with Crippen LogP contribution in [0.4, 0.5) is 10.2 Å². The molecule has 0 aliphatic rings. The molecule has 2 heterocycles. The maximum Gasteiger partial charge on any atom is 0.268 e. The summed E-state index contributed by atoms with van der Waals surface area (Å²) in [6, 6.07) is 11.5. The van der Waals surface area contributed by atoms with Crippen LogP contribution < -0.4 is 11.3 Å². The Balaban J connectivity index is 2.16. The van der Waals surface area contributed by atoms with E-state index < -0.39 is 11.4 Å². The molecular weight excluding hydrogens is 357 g/mol. The second-order valence-electron chi connectivity index (χ2n) is 5.29. The molecular formula is C18H9ClFN5O. The molecule has 8 heteroatoms. The van der Waals surface area contributed by atoms with Crippen LogP contribution in [-0.2, 0) is 0 Å². The zero-order valence-electron chi connectivity index (χ0n) is 13.0. The predicted molar refractivity (Wildman–Crippen MR) is 94.5 cm³/mol. The Labute approximate surface area is 151 Å². The van der Waals surface area contributed by atoms with Crippen LogP contribution in [0.5, 0.6) is 0 Å². The molecule has 0 unspecified atom stereocenters. The molecule has 0 amide bonds. The maximum absolute atomic E-state index is 13.6. The number of nitrogens with two attached hydrogens (primary N) is 1. The van der Waals surface area contributed by atoms with E-state index >= 15 is 0 Å². The number of benzene rings is 1. The van der Waals surface area contributed by atoms with Gasteiger partial charge in [-0.2, -0.15) is 10.5 Å². The third-order valence-corrected chi connectivity index (χ3v) is 4.05. The summed E-state index contributed by atoms with van der Waals surface area (Å²) in [6.07, 6.45) is 1.42. The van der Waals surface area contributed by atoms with Crippen LogP contribution in [0, 0.1) is 28.5 Å². The summed E-state index contributed by atoms with van der Waals surface area (Å²) in [4.78, 5) is 18.0. The molecule has 0 fully saturated rings. The number of halogens is 2. The number of pyridine rings is 2. The van der Waals surface area contributed by atoms with Crippen LogP contribution in [0.15, 0.2) is 41.3 Å². The molecule has 3 rings (SSSR count). The van der Waals surface area contributed by atoms with Crippen molar-refractivity contribution in [2.24, 2.45) is 0 Å². The summed E-state index contributed by atoms with van der Waals surface area (Å²) in [7, 11) is 0. The van der Waals surface area contributed by atoms with Gasteiger partial charge in [-0.3, -0.25) is 4.79 Å². The first-order valence-corrected chi connectivity index (χ1v) is 7.62. The minimum absolute atomic E-state index is 0.00750. The molecule has 3 aromatic rings. The highest BCUT2D eigenvalue weighted by Gasteiger charge is 2.18. The number of hydrogen-bond acceptors (Lipinski definition) is 5. The molecule has 2 aromatic heterocycles. The first-order valence-electron chi connectivity index (χ1n) is 7.24. The van der Waals surface area contributed by atoms with Crippen LogP contribution in [0.2, 0.25) is 5.15 Å². The molecule has 3 N–H and O–H groups in total. The van der Waals surface area contributed by atoms with Crippen molar-refractivity contribution in [2.75, 3.05) is 5.73 Å². The fourth-order valence-corrected chi connectivity index (χ4v) is 2.64. The minimum atomic E-state index is -0.674. The summed E-state index contributed by atoms with van der Waals surface area (Å²) in [5.41, 5.74) is 6.59. The molecule has 0 radical (unpaired) electrons. The van der Waals surface area contributed by atoms with Gasteiger partial charge >= 0.3 is 0 Å². The zero-order chi connectivity index (χ0) is 18.8. The van der Waals surface area contributed by atoms with Gasteiger partial charge < -0.3 is 10.7 Å². The lowest BCUT2D eigenvalue weighted by Crippen LogP contribution is -2.16. The Morgan fingerprint density at radius 2 is 1.69 bits per heavy atom. The van der Waals surface area contributed by atoms with E-state index in [1.54, 1.807) is 30.3 Å². The first kappa shape index (κ1) is 17.2. The monoisotopic (exact) mass is 365 g/mol. The maximum atomic E-state index is 13.6. The molecule has 0 spiro atoms. The van der Waals surface area contributed by atoms with Gasteiger partial charge in [0, 0.05) is 17.3 Å². The van der Waals surface area contributed by atoms with Crippen molar-refractivity contribution in [2.45, 2.75) is 0 Å². The standard InChI is InChI=1S/C18H9ClFN5O/c19-16-14(20)5-11(8-24-16)9-1-3-10(4-2-9)15-12(6-21)17(23)25-18(26)13(15)7-22/h1-5,8H,(H3,23,25,26). The molecule has 0 bridgehead atoms. The second-order valence-corrected chi connectivity index (χ2v) is 5.65. The van der Waals surface area contributed by atoms with Crippen molar-refractivity contribution < 1.29 is 4.39 Å². The van der Waals surface area contributed by atoms with Crippen molar-refractivity contribution in [3.63, 3.8) is 0 Å². The SMILES string of the molecule is N#Cc1c(N)[nH]c(=O)c(C#N)c1-c1ccc(-c2cnc(Cl)c(F)c2)cc1. The predicted octanol–water partition coefficient (Wildman–Crippen LogP) is 3.22. The summed E-state index contributed by atoms with van der Waals surface area (Å²) in [6.45, 7) is 0. The number of hydrogen-bond donors (Lipinski definition) is 2. The van der Waals surface area contributed by atoms with Crippen LogP contribution in [0.1, 0.15) is 11.1 Å². The average Bonchev–Trinajstić information content (AvgIpc) is 2.63. The van der Waals surface area contributed by atoms with E-state index in [0.717, 1.165) is 0 Å². The van der Waals surface area contributed by atoms with Crippen molar-refractivity contribution in [1.29, 1.82) is 10.5 Å². The number of aromatic amines is 1. The van der Waals surface area contributed by atoms with Crippen LogP contribution >= 0.6 is 11.6 Å². The van der Waals surface area contributed by atoms with Crippen molar-refractivity contribution in [3.8, 4) is 34.4 Å². The van der Waals surface area contributed by atoms with Crippen LogP contribution in [0.25, 0.3) is 22.3 Å². The number of aromatic nitrogens is 2. The van der Waals surface area contributed by atoms with Gasteiger partial charge in [0.15, 0.2) is 11.0 Å². The lowest BCUT2D eigenvalue weighted by molar-refractivity contribution is 0.622. The Morgan fingerprint density at radius 3 is 2.27 bits per heavy atom. The lowest BCUT2D eigenvalue weighted by atomic mass is 9.95. The van der Waals surface area contributed by atoms with E-state index in [1.807, 2.05) is 6.07 Å². The number of H-pyrrole nitrogens is 1. The van der Waals surface area contributed by atoms with Crippen molar-refractivity contribution in [3.05, 3.63) is 69.0 Å².